The Morgan fingerprint density at radius 3 is 2.48 bits per heavy atom. The van der Waals surface area contributed by atoms with Gasteiger partial charge < -0.3 is 5.11 Å². The minimum atomic E-state index is -0.939. The van der Waals surface area contributed by atoms with E-state index in [-0.39, 0.29) is 5.41 Å². The van der Waals surface area contributed by atoms with Crippen molar-refractivity contribution in [1.29, 1.82) is 0 Å². The molecule has 6 heteroatoms. The summed E-state index contributed by atoms with van der Waals surface area (Å²) in [6.45, 7) is 5.86. The first-order chi connectivity index (χ1) is 9.68. The van der Waals surface area contributed by atoms with E-state index in [9.17, 15) is 9.90 Å². The van der Waals surface area contributed by atoms with Gasteiger partial charge in [0, 0.05) is 21.9 Å². The van der Waals surface area contributed by atoms with E-state index in [1.54, 1.807) is 12.1 Å². The summed E-state index contributed by atoms with van der Waals surface area (Å²) in [6, 6.07) is 5.28. The van der Waals surface area contributed by atoms with Crippen LogP contribution in [0.25, 0.3) is 0 Å². The maximum atomic E-state index is 11.4. The normalized spacial score (nSPS) is 11.7. The van der Waals surface area contributed by atoms with Crippen LogP contribution in [0.3, 0.4) is 0 Å². The molecule has 0 aliphatic carbocycles. The molecule has 112 valence electrons. The first-order valence-electron chi connectivity index (χ1n) is 6.36. The minimum Gasteiger partial charge on any atom is -0.477 e. The lowest BCUT2D eigenvalue weighted by Gasteiger charge is -2.16. The number of rotatable bonds is 3. The van der Waals surface area contributed by atoms with Crippen LogP contribution in [-0.4, -0.2) is 16.1 Å². The summed E-state index contributed by atoms with van der Waals surface area (Å²) in [7, 11) is 0. The molecule has 2 rings (SSSR count). The summed E-state index contributed by atoms with van der Waals surface area (Å²) < 4.78 is 0. The number of hydrogen-bond donors (Lipinski definition) is 1. The lowest BCUT2D eigenvalue weighted by molar-refractivity contribution is 0.0699. The summed E-state index contributed by atoms with van der Waals surface area (Å²) >= 11 is 13.2. The van der Waals surface area contributed by atoms with Gasteiger partial charge in [-0.1, -0.05) is 50.0 Å². The van der Waals surface area contributed by atoms with Crippen molar-refractivity contribution in [3.8, 4) is 0 Å². The van der Waals surface area contributed by atoms with Crippen molar-refractivity contribution in [2.75, 3.05) is 0 Å². The quantitative estimate of drug-likeness (QED) is 0.849. The van der Waals surface area contributed by atoms with Crippen LogP contribution in [0.15, 0.2) is 18.2 Å². The van der Waals surface area contributed by atoms with Gasteiger partial charge in [0.15, 0.2) is 0 Å². The highest BCUT2D eigenvalue weighted by Gasteiger charge is 2.27. The SMILES string of the molecule is CC(C)(C)c1nc(Cc2ccc(Cl)cc2Cl)sc1C(=O)O. The Morgan fingerprint density at radius 2 is 2.00 bits per heavy atom. The van der Waals surface area contributed by atoms with Crippen LogP contribution >= 0.6 is 34.5 Å². The second kappa shape index (κ2) is 5.95. The van der Waals surface area contributed by atoms with E-state index in [1.807, 2.05) is 26.8 Å². The van der Waals surface area contributed by atoms with Crippen LogP contribution in [0.2, 0.25) is 10.0 Å². The molecule has 3 nitrogen and oxygen atoms in total. The highest BCUT2D eigenvalue weighted by Crippen LogP contribution is 2.32. The van der Waals surface area contributed by atoms with Gasteiger partial charge in [-0.05, 0) is 17.7 Å². The third-order valence-corrected chi connectivity index (χ3v) is 4.56. The predicted octanol–water partition coefficient (Wildman–Crippen LogP) is 5.04. The van der Waals surface area contributed by atoms with Gasteiger partial charge in [0.1, 0.15) is 4.88 Å². The van der Waals surface area contributed by atoms with Gasteiger partial charge in [0.2, 0.25) is 0 Å². The molecule has 0 saturated carbocycles. The molecule has 21 heavy (non-hydrogen) atoms. The maximum absolute atomic E-state index is 11.4. The van der Waals surface area contributed by atoms with Crippen molar-refractivity contribution in [1.82, 2.24) is 4.98 Å². The summed E-state index contributed by atoms with van der Waals surface area (Å²) in [5.74, 6) is -0.939. The fourth-order valence-electron chi connectivity index (χ4n) is 1.92. The standard InChI is InChI=1S/C15H15Cl2NO2S/c1-15(2,3)13-12(14(19)20)21-11(18-13)6-8-4-5-9(16)7-10(8)17/h4-5,7H,6H2,1-3H3,(H,19,20). The molecule has 0 radical (unpaired) electrons. The number of carboxylic acids is 1. The molecule has 0 bridgehead atoms. The average Bonchev–Trinajstić information content (AvgIpc) is 2.77. The largest absolute Gasteiger partial charge is 0.477 e. The van der Waals surface area contributed by atoms with Crippen LogP contribution in [0.4, 0.5) is 0 Å². The zero-order valence-corrected chi connectivity index (χ0v) is 14.2. The van der Waals surface area contributed by atoms with Crippen LogP contribution in [0, 0.1) is 0 Å². The first-order valence-corrected chi connectivity index (χ1v) is 7.93. The van der Waals surface area contributed by atoms with E-state index in [0.29, 0.717) is 27.0 Å². The molecule has 0 aliphatic rings. The van der Waals surface area contributed by atoms with E-state index < -0.39 is 5.97 Å². The molecule has 1 heterocycles. The second-order valence-corrected chi connectivity index (χ2v) is 7.68. The van der Waals surface area contributed by atoms with Crippen molar-refractivity contribution >= 4 is 40.5 Å². The van der Waals surface area contributed by atoms with Gasteiger partial charge >= 0.3 is 5.97 Å². The molecule has 1 aromatic heterocycles. The number of nitrogens with zero attached hydrogens (tertiary/aromatic N) is 1. The zero-order valence-electron chi connectivity index (χ0n) is 11.9. The Bertz CT molecular complexity index is 689. The van der Waals surface area contributed by atoms with E-state index >= 15 is 0 Å². The van der Waals surface area contributed by atoms with Gasteiger partial charge in [-0.15, -0.1) is 11.3 Å². The van der Waals surface area contributed by atoms with Crippen molar-refractivity contribution in [2.24, 2.45) is 0 Å². The second-order valence-electron chi connectivity index (χ2n) is 5.75. The smallest absolute Gasteiger partial charge is 0.347 e. The van der Waals surface area contributed by atoms with Gasteiger partial charge in [-0.2, -0.15) is 0 Å². The molecule has 1 N–H and O–H groups in total. The van der Waals surface area contributed by atoms with Gasteiger partial charge in [-0.25, -0.2) is 9.78 Å². The Labute approximate surface area is 137 Å². The maximum Gasteiger partial charge on any atom is 0.347 e. The molecule has 0 atom stereocenters. The summed E-state index contributed by atoms with van der Waals surface area (Å²) in [6.07, 6.45) is 0.497. The van der Waals surface area contributed by atoms with E-state index in [4.69, 9.17) is 23.2 Å². The summed E-state index contributed by atoms with van der Waals surface area (Å²) in [4.78, 5) is 16.2. The van der Waals surface area contributed by atoms with E-state index in [0.717, 1.165) is 10.6 Å². The average molecular weight is 344 g/mol. The number of carbonyl (C=O) groups is 1. The molecule has 0 fully saturated rings. The van der Waals surface area contributed by atoms with Crippen LogP contribution in [0.1, 0.15) is 46.7 Å². The van der Waals surface area contributed by atoms with Gasteiger partial charge in [0.25, 0.3) is 0 Å². The molecular weight excluding hydrogens is 329 g/mol. The highest BCUT2D eigenvalue weighted by atomic mass is 35.5. The monoisotopic (exact) mass is 343 g/mol. The third kappa shape index (κ3) is 3.76. The van der Waals surface area contributed by atoms with Crippen molar-refractivity contribution in [3.63, 3.8) is 0 Å². The molecule has 0 unspecified atom stereocenters. The topological polar surface area (TPSA) is 50.2 Å². The number of thiazole rings is 1. The first kappa shape index (κ1) is 16.3. The number of aromatic carboxylic acids is 1. The molecule has 0 aliphatic heterocycles. The highest BCUT2D eigenvalue weighted by molar-refractivity contribution is 7.13. The fraction of sp³-hybridized carbons (Fsp3) is 0.333. The van der Waals surface area contributed by atoms with Crippen molar-refractivity contribution < 1.29 is 9.90 Å². The van der Waals surface area contributed by atoms with E-state index in [2.05, 4.69) is 4.98 Å². The Morgan fingerprint density at radius 1 is 1.33 bits per heavy atom. The fourth-order valence-corrected chi connectivity index (χ4v) is 3.53. The molecule has 1 aromatic carbocycles. The molecule has 2 aromatic rings. The Balaban J connectivity index is 2.39. The lowest BCUT2D eigenvalue weighted by Crippen LogP contribution is -2.16. The minimum absolute atomic E-state index is 0.294. The summed E-state index contributed by atoms with van der Waals surface area (Å²) in [5, 5.41) is 11.2. The number of halogens is 2. The number of aromatic nitrogens is 1. The van der Waals surface area contributed by atoms with Crippen molar-refractivity contribution in [2.45, 2.75) is 32.6 Å². The predicted molar refractivity (Wildman–Crippen MR) is 87.0 cm³/mol. The summed E-state index contributed by atoms with van der Waals surface area (Å²) in [5.41, 5.74) is 1.18. The Kier molecular flexibility index (Phi) is 4.61. The third-order valence-electron chi connectivity index (χ3n) is 2.93. The number of hydrogen-bond acceptors (Lipinski definition) is 3. The van der Waals surface area contributed by atoms with Crippen LogP contribution < -0.4 is 0 Å². The number of benzene rings is 1. The van der Waals surface area contributed by atoms with Crippen LogP contribution in [0.5, 0.6) is 0 Å². The molecule has 0 saturated heterocycles. The van der Waals surface area contributed by atoms with Crippen LogP contribution in [-0.2, 0) is 11.8 Å². The number of carboxylic acid groups (broad SMARTS) is 1. The Hall–Kier alpha value is -1.10. The lowest BCUT2D eigenvalue weighted by atomic mass is 9.91. The molecule has 0 spiro atoms. The van der Waals surface area contributed by atoms with Gasteiger partial charge in [0.05, 0.1) is 10.7 Å². The van der Waals surface area contributed by atoms with Gasteiger partial charge in [-0.3, -0.25) is 0 Å². The molecular formula is C15H15Cl2NO2S. The van der Waals surface area contributed by atoms with E-state index in [1.165, 1.54) is 11.3 Å². The molecule has 0 amide bonds. The zero-order chi connectivity index (χ0) is 15.8. The van der Waals surface area contributed by atoms with Crippen molar-refractivity contribution in [3.05, 3.63) is 49.4 Å².